The Morgan fingerprint density at radius 1 is 1.30 bits per heavy atom. The van der Waals surface area contributed by atoms with E-state index in [1.54, 1.807) is 6.20 Å². The summed E-state index contributed by atoms with van der Waals surface area (Å²) in [6, 6.07) is 8.35. The number of hydrogen-bond acceptors (Lipinski definition) is 2. The van der Waals surface area contributed by atoms with Gasteiger partial charge in [-0.3, -0.25) is 0 Å². The normalized spacial score (nSPS) is 17.4. The monoisotopic (exact) mass is 289 g/mol. The minimum atomic E-state index is 0.234. The van der Waals surface area contributed by atoms with Crippen molar-refractivity contribution in [2.75, 3.05) is 6.54 Å². The highest BCUT2D eigenvalue weighted by Crippen LogP contribution is 2.41. The van der Waals surface area contributed by atoms with Crippen molar-refractivity contribution in [2.45, 2.75) is 37.6 Å². The zero-order valence-corrected chi connectivity index (χ0v) is 12.3. The first kappa shape index (κ1) is 13.7. The molecular weight excluding hydrogens is 270 g/mol. The third kappa shape index (κ3) is 2.89. The molecule has 0 bridgehead atoms. The van der Waals surface area contributed by atoms with Crippen molar-refractivity contribution in [3.8, 4) is 0 Å². The van der Waals surface area contributed by atoms with Crippen LogP contribution in [0.3, 0.4) is 0 Å². The molecule has 0 unspecified atom stereocenters. The Morgan fingerprint density at radius 3 is 2.85 bits per heavy atom. The molecule has 0 amide bonds. The summed E-state index contributed by atoms with van der Waals surface area (Å²) in [6.07, 6.45) is 8.72. The van der Waals surface area contributed by atoms with Crippen molar-refractivity contribution < 1.29 is 0 Å². The Kier molecular flexibility index (Phi) is 4.08. The number of hydrogen-bond donors (Lipinski definition) is 2. The van der Waals surface area contributed by atoms with Crippen molar-refractivity contribution in [2.24, 2.45) is 0 Å². The zero-order valence-electron chi connectivity index (χ0n) is 11.5. The number of halogens is 1. The van der Waals surface area contributed by atoms with Crippen LogP contribution >= 0.6 is 11.6 Å². The first-order valence-electron chi connectivity index (χ1n) is 7.24. The fraction of sp³-hybridized carbons (Fsp3) is 0.438. The molecule has 4 heteroatoms. The molecule has 1 aromatic heterocycles. The highest BCUT2D eigenvalue weighted by atomic mass is 35.5. The van der Waals surface area contributed by atoms with E-state index < -0.39 is 0 Å². The third-order valence-electron chi connectivity index (χ3n) is 4.31. The van der Waals surface area contributed by atoms with E-state index >= 15 is 0 Å². The molecule has 2 aromatic rings. The van der Waals surface area contributed by atoms with Crippen LogP contribution < -0.4 is 5.32 Å². The van der Waals surface area contributed by atoms with E-state index in [0.29, 0.717) is 0 Å². The second-order valence-corrected chi connectivity index (χ2v) is 6.07. The van der Waals surface area contributed by atoms with Crippen LogP contribution in [-0.4, -0.2) is 16.5 Å². The molecule has 1 fully saturated rings. The third-order valence-corrected chi connectivity index (χ3v) is 4.54. The molecule has 1 aliphatic carbocycles. The highest BCUT2D eigenvalue weighted by Gasteiger charge is 2.35. The summed E-state index contributed by atoms with van der Waals surface area (Å²) in [5, 5.41) is 4.38. The molecule has 1 saturated carbocycles. The molecule has 106 valence electrons. The summed E-state index contributed by atoms with van der Waals surface area (Å²) in [5.41, 5.74) is 1.60. The van der Waals surface area contributed by atoms with Gasteiger partial charge in [0.2, 0.25) is 0 Å². The van der Waals surface area contributed by atoms with Gasteiger partial charge in [-0.2, -0.15) is 0 Å². The molecule has 3 nitrogen and oxygen atoms in total. The van der Waals surface area contributed by atoms with E-state index in [-0.39, 0.29) is 5.41 Å². The summed E-state index contributed by atoms with van der Waals surface area (Å²) in [6.45, 7) is 1.77. The molecule has 1 heterocycles. The molecule has 1 aromatic carbocycles. The number of nitrogens with zero attached hydrogens (tertiary/aromatic N) is 1. The molecule has 20 heavy (non-hydrogen) atoms. The maximum atomic E-state index is 6.17. The largest absolute Gasteiger partial charge is 0.348 e. The van der Waals surface area contributed by atoms with Gasteiger partial charge in [-0.1, -0.05) is 36.6 Å². The van der Waals surface area contributed by atoms with Crippen LogP contribution in [0.25, 0.3) is 0 Å². The lowest BCUT2D eigenvalue weighted by atomic mass is 9.79. The zero-order chi connectivity index (χ0) is 13.8. The van der Waals surface area contributed by atoms with Crippen LogP contribution in [0.1, 0.15) is 37.1 Å². The van der Waals surface area contributed by atoms with Gasteiger partial charge in [-0.25, -0.2) is 4.98 Å². The second-order valence-electron chi connectivity index (χ2n) is 5.64. The first-order valence-corrected chi connectivity index (χ1v) is 7.61. The number of nitrogens with one attached hydrogen (secondary N) is 2. The average molecular weight is 290 g/mol. The van der Waals surface area contributed by atoms with Gasteiger partial charge in [0, 0.05) is 29.4 Å². The summed E-state index contributed by atoms with van der Waals surface area (Å²) in [7, 11) is 0. The fourth-order valence-corrected chi connectivity index (χ4v) is 3.44. The number of aromatic nitrogens is 2. The minimum absolute atomic E-state index is 0.234. The Balaban J connectivity index is 1.71. The van der Waals surface area contributed by atoms with Crippen LogP contribution in [0.15, 0.2) is 36.7 Å². The molecule has 0 aliphatic heterocycles. The van der Waals surface area contributed by atoms with Gasteiger partial charge >= 0.3 is 0 Å². The van der Waals surface area contributed by atoms with Crippen LogP contribution in [-0.2, 0) is 12.0 Å². The quantitative estimate of drug-likeness (QED) is 0.882. The summed E-state index contributed by atoms with van der Waals surface area (Å²) in [5.74, 6) is 0.990. The van der Waals surface area contributed by atoms with Crippen molar-refractivity contribution in [3.63, 3.8) is 0 Å². The summed E-state index contributed by atoms with van der Waals surface area (Å²) < 4.78 is 0. The number of imidazole rings is 1. The van der Waals surface area contributed by atoms with E-state index in [9.17, 15) is 0 Å². The summed E-state index contributed by atoms with van der Waals surface area (Å²) in [4.78, 5) is 7.38. The SMILES string of the molecule is Clc1cccc(C2(CNCc3ncc[nH]3)CCCC2)c1. The van der Waals surface area contributed by atoms with E-state index in [1.807, 2.05) is 12.3 Å². The van der Waals surface area contributed by atoms with Crippen LogP contribution in [0, 0.1) is 0 Å². The Labute approximate surface area is 124 Å². The van der Waals surface area contributed by atoms with Crippen molar-refractivity contribution >= 4 is 11.6 Å². The van der Waals surface area contributed by atoms with Gasteiger partial charge < -0.3 is 10.3 Å². The molecule has 2 N–H and O–H groups in total. The molecule has 0 spiro atoms. The number of aromatic amines is 1. The Morgan fingerprint density at radius 2 is 2.15 bits per heavy atom. The van der Waals surface area contributed by atoms with E-state index in [2.05, 4.69) is 33.5 Å². The molecule has 0 atom stereocenters. The van der Waals surface area contributed by atoms with Crippen molar-refractivity contribution in [3.05, 3.63) is 53.1 Å². The smallest absolute Gasteiger partial charge is 0.120 e. The topological polar surface area (TPSA) is 40.7 Å². The molecule has 0 radical (unpaired) electrons. The first-order chi connectivity index (χ1) is 9.78. The van der Waals surface area contributed by atoms with Gasteiger partial charge in [0.1, 0.15) is 5.82 Å². The van der Waals surface area contributed by atoms with Gasteiger partial charge in [0.25, 0.3) is 0 Å². The van der Waals surface area contributed by atoms with E-state index in [4.69, 9.17) is 11.6 Å². The van der Waals surface area contributed by atoms with Gasteiger partial charge in [-0.05, 0) is 30.5 Å². The van der Waals surface area contributed by atoms with Crippen molar-refractivity contribution in [1.82, 2.24) is 15.3 Å². The molecular formula is C16H20ClN3. The van der Waals surface area contributed by atoms with Crippen LogP contribution in [0.5, 0.6) is 0 Å². The minimum Gasteiger partial charge on any atom is -0.348 e. The van der Waals surface area contributed by atoms with E-state index in [0.717, 1.165) is 23.9 Å². The molecule has 0 saturated heterocycles. The summed E-state index contributed by atoms with van der Waals surface area (Å²) >= 11 is 6.17. The Hall–Kier alpha value is -1.32. The maximum Gasteiger partial charge on any atom is 0.120 e. The lowest BCUT2D eigenvalue weighted by Gasteiger charge is -2.30. The second kappa shape index (κ2) is 5.98. The van der Waals surface area contributed by atoms with Crippen molar-refractivity contribution in [1.29, 1.82) is 0 Å². The number of H-pyrrole nitrogens is 1. The van der Waals surface area contributed by atoms with Crippen LogP contribution in [0.4, 0.5) is 0 Å². The van der Waals surface area contributed by atoms with Gasteiger partial charge in [-0.15, -0.1) is 0 Å². The molecule has 1 aliphatic rings. The predicted molar refractivity (Wildman–Crippen MR) is 81.9 cm³/mol. The number of rotatable bonds is 5. The van der Waals surface area contributed by atoms with E-state index in [1.165, 1.54) is 31.2 Å². The van der Waals surface area contributed by atoms with Gasteiger partial charge in [0.15, 0.2) is 0 Å². The number of benzene rings is 1. The predicted octanol–water partition coefficient (Wildman–Crippen LogP) is 3.66. The lowest BCUT2D eigenvalue weighted by Crippen LogP contribution is -2.35. The fourth-order valence-electron chi connectivity index (χ4n) is 3.25. The van der Waals surface area contributed by atoms with Gasteiger partial charge in [0.05, 0.1) is 6.54 Å². The average Bonchev–Trinajstić information content (AvgIpc) is 3.11. The Bertz CT molecular complexity index is 545. The highest BCUT2D eigenvalue weighted by molar-refractivity contribution is 6.30. The lowest BCUT2D eigenvalue weighted by molar-refractivity contribution is 0.402. The maximum absolute atomic E-state index is 6.17. The molecule has 3 rings (SSSR count). The standard InChI is InChI=1S/C16H20ClN3/c17-14-5-3-4-13(10-14)16(6-1-2-7-16)12-18-11-15-19-8-9-20-15/h3-5,8-10,18H,1-2,6-7,11-12H2,(H,19,20). The van der Waals surface area contributed by atoms with Crippen LogP contribution in [0.2, 0.25) is 5.02 Å².